The minimum Gasteiger partial charge on any atom is -0.341 e. The monoisotopic (exact) mass is 333 g/mol. The first-order valence-corrected chi connectivity index (χ1v) is 9.25. The lowest BCUT2D eigenvalue weighted by atomic mass is 10.1. The second-order valence-corrected chi connectivity index (χ2v) is 7.63. The van der Waals surface area contributed by atoms with Gasteiger partial charge < -0.3 is 9.80 Å². The van der Waals surface area contributed by atoms with Gasteiger partial charge in [0.2, 0.25) is 5.91 Å². The van der Waals surface area contributed by atoms with Gasteiger partial charge in [0.15, 0.2) is 0 Å². The molecule has 1 atom stereocenters. The molecule has 24 heavy (non-hydrogen) atoms. The SMILES string of the molecule is CC(C)n1cc(CN2CCCN(C(=O)C3CCN(C)C3)CC2)cn1. The third kappa shape index (κ3) is 4.16. The molecule has 0 radical (unpaired) electrons. The highest BCUT2D eigenvalue weighted by molar-refractivity contribution is 5.79. The van der Waals surface area contributed by atoms with Crippen molar-refractivity contribution in [3.8, 4) is 0 Å². The number of rotatable bonds is 4. The third-order valence-corrected chi connectivity index (χ3v) is 5.23. The smallest absolute Gasteiger partial charge is 0.227 e. The van der Waals surface area contributed by atoms with Crippen molar-refractivity contribution in [3.63, 3.8) is 0 Å². The number of aromatic nitrogens is 2. The molecule has 2 saturated heterocycles. The Morgan fingerprint density at radius 2 is 2.08 bits per heavy atom. The molecule has 0 spiro atoms. The van der Waals surface area contributed by atoms with Crippen LogP contribution in [0.5, 0.6) is 0 Å². The molecule has 0 saturated carbocycles. The molecule has 0 bridgehead atoms. The fourth-order valence-corrected chi connectivity index (χ4v) is 3.74. The van der Waals surface area contributed by atoms with Gasteiger partial charge in [0.25, 0.3) is 0 Å². The Bertz CT molecular complexity index is 555. The summed E-state index contributed by atoms with van der Waals surface area (Å²) in [6.07, 6.45) is 6.20. The van der Waals surface area contributed by atoms with Crippen molar-refractivity contribution in [2.24, 2.45) is 5.92 Å². The number of amides is 1. The number of carbonyl (C=O) groups excluding carboxylic acids is 1. The summed E-state index contributed by atoms with van der Waals surface area (Å²) in [6, 6.07) is 0.403. The van der Waals surface area contributed by atoms with Crippen LogP contribution in [0.3, 0.4) is 0 Å². The Morgan fingerprint density at radius 3 is 2.75 bits per heavy atom. The normalized spacial score (nSPS) is 23.8. The molecule has 2 aliphatic heterocycles. The molecular weight excluding hydrogens is 302 g/mol. The first-order valence-electron chi connectivity index (χ1n) is 9.25. The lowest BCUT2D eigenvalue weighted by molar-refractivity contribution is -0.135. The Balaban J connectivity index is 1.52. The van der Waals surface area contributed by atoms with E-state index in [0.29, 0.717) is 11.9 Å². The van der Waals surface area contributed by atoms with E-state index < -0.39 is 0 Å². The zero-order valence-electron chi connectivity index (χ0n) is 15.3. The average molecular weight is 333 g/mol. The number of likely N-dealkylation sites (tertiary alicyclic amines) is 1. The summed E-state index contributed by atoms with van der Waals surface area (Å²) in [4.78, 5) is 19.5. The maximum atomic E-state index is 12.7. The van der Waals surface area contributed by atoms with Crippen molar-refractivity contribution >= 4 is 5.91 Å². The molecule has 0 aliphatic carbocycles. The quantitative estimate of drug-likeness (QED) is 0.837. The van der Waals surface area contributed by atoms with Gasteiger partial charge in [0, 0.05) is 57.1 Å². The molecule has 6 nitrogen and oxygen atoms in total. The van der Waals surface area contributed by atoms with Crippen LogP contribution in [0.1, 0.15) is 38.3 Å². The highest BCUT2D eigenvalue weighted by Gasteiger charge is 2.30. The van der Waals surface area contributed by atoms with Crippen LogP contribution < -0.4 is 0 Å². The standard InChI is InChI=1S/C18H31N5O/c1-15(2)23-13-16(11-19-23)12-21-6-4-7-22(10-9-21)18(24)17-5-8-20(3)14-17/h11,13,15,17H,4-10,12,14H2,1-3H3. The largest absolute Gasteiger partial charge is 0.341 e. The molecule has 2 aliphatic rings. The van der Waals surface area contributed by atoms with Crippen molar-refractivity contribution in [3.05, 3.63) is 18.0 Å². The van der Waals surface area contributed by atoms with Crippen molar-refractivity contribution in [2.45, 2.75) is 39.3 Å². The predicted octanol–water partition coefficient (Wildman–Crippen LogP) is 1.45. The van der Waals surface area contributed by atoms with E-state index in [4.69, 9.17) is 0 Å². The van der Waals surface area contributed by atoms with Crippen LogP contribution in [-0.2, 0) is 11.3 Å². The van der Waals surface area contributed by atoms with Crippen LogP contribution in [0.2, 0.25) is 0 Å². The first kappa shape index (κ1) is 17.4. The summed E-state index contributed by atoms with van der Waals surface area (Å²) in [7, 11) is 2.11. The van der Waals surface area contributed by atoms with Crippen molar-refractivity contribution in [1.82, 2.24) is 24.5 Å². The Labute approximate surface area is 145 Å². The molecular formula is C18H31N5O. The summed E-state index contributed by atoms with van der Waals surface area (Å²) in [5.74, 6) is 0.583. The van der Waals surface area contributed by atoms with Crippen LogP contribution in [0.15, 0.2) is 12.4 Å². The van der Waals surface area contributed by atoms with E-state index in [2.05, 4.69) is 46.9 Å². The van der Waals surface area contributed by atoms with Crippen LogP contribution >= 0.6 is 0 Å². The van der Waals surface area contributed by atoms with Gasteiger partial charge in [-0.2, -0.15) is 5.10 Å². The summed E-state index contributed by atoms with van der Waals surface area (Å²) < 4.78 is 2.01. The third-order valence-electron chi connectivity index (χ3n) is 5.23. The molecule has 6 heteroatoms. The maximum absolute atomic E-state index is 12.7. The van der Waals surface area contributed by atoms with Gasteiger partial charge in [-0.05, 0) is 40.3 Å². The summed E-state index contributed by atoms with van der Waals surface area (Å²) in [5, 5.41) is 4.43. The Morgan fingerprint density at radius 1 is 1.25 bits per heavy atom. The Kier molecular flexibility index (Phi) is 5.56. The second kappa shape index (κ2) is 7.66. The fraction of sp³-hybridized carbons (Fsp3) is 0.778. The minimum atomic E-state index is 0.214. The lowest BCUT2D eigenvalue weighted by Gasteiger charge is -2.24. The number of hydrogen-bond acceptors (Lipinski definition) is 4. The van der Waals surface area contributed by atoms with Crippen molar-refractivity contribution in [2.75, 3.05) is 46.3 Å². The fourth-order valence-electron chi connectivity index (χ4n) is 3.74. The summed E-state index contributed by atoms with van der Waals surface area (Å²) in [6.45, 7) is 11.0. The number of nitrogens with zero attached hydrogens (tertiary/aromatic N) is 5. The lowest BCUT2D eigenvalue weighted by Crippen LogP contribution is -2.39. The van der Waals surface area contributed by atoms with Crippen LogP contribution in [0, 0.1) is 5.92 Å². The topological polar surface area (TPSA) is 44.6 Å². The van der Waals surface area contributed by atoms with Crippen LogP contribution in [0.4, 0.5) is 0 Å². The molecule has 134 valence electrons. The van der Waals surface area contributed by atoms with E-state index in [-0.39, 0.29) is 5.92 Å². The van der Waals surface area contributed by atoms with E-state index in [9.17, 15) is 4.79 Å². The molecule has 3 heterocycles. The van der Waals surface area contributed by atoms with E-state index in [1.165, 1.54) is 5.56 Å². The van der Waals surface area contributed by atoms with Gasteiger partial charge in [-0.25, -0.2) is 0 Å². The van der Waals surface area contributed by atoms with Crippen LogP contribution in [0.25, 0.3) is 0 Å². The first-order chi connectivity index (χ1) is 11.5. The average Bonchev–Trinajstić information content (AvgIpc) is 3.12. The van der Waals surface area contributed by atoms with Crippen molar-refractivity contribution in [1.29, 1.82) is 0 Å². The molecule has 1 amide bonds. The van der Waals surface area contributed by atoms with Gasteiger partial charge in [0.05, 0.1) is 12.1 Å². The summed E-state index contributed by atoms with van der Waals surface area (Å²) in [5.41, 5.74) is 1.26. The van der Waals surface area contributed by atoms with Gasteiger partial charge in [0.1, 0.15) is 0 Å². The number of carbonyl (C=O) groups is 1. The highest BCUT2D eigenvalue weighted by Crippen LogP contribution is 2.19. The molecule has 1 aromatic rings. The molecule has 1 aromatic heterocycles. The number of hydrogen-bond donors (Lipinski definition) is 0. The Hall–Kier alpha value is -1.40. The summed E-state index contributed by atoms with van der Waals surface area (Å²) >= 11 is 0. The van der Waals surface area contributed by atoms with E-state index in [0.717, 1.165) is 58.7 Å². The van der Waals surface area contributed by atoms with Gasteiger partial charge in [-0.1, -0.05) is 0 Å². The highest BCUT2D eigenvalue weighted by atomic mass is 16.2. The minimum absolute atomic E-state index is 0.214. The zero-order valence-corrected chi connectivity index (χ0v) is 15.3. The molecule has 3 rings (SSSR count). The van der Waals surface area contributed by atoms with E-state index >= 15 is 0 Å². The maximum Gasteiger partial charge on any atom is 0.227 e. The predicted molar refractivity (Wildman–Crippen MR) is 94.7 cm³/mol. The van der Waals surface area contributed by atoms with E-state index in [1.54, 1.807) is 0 Å². The van der Waals surface area contributed by atoms with Crippen LogP contribution in [-0.4, -0.2) is 76.7 Å². The molecule has 2 fully saturated rings. The zero-order chi connectivity index (χ0) is 17.1. The second-order valence-electron chi connectivity index (χ2n) is 7.63. The van der Waals surface area contributed by atoms with Gasteiger partial charge in [-0.3, -0.25) is 14.4 Å². The van der Waals surface area contributed by atoms with Gasteiger partial charge in [-0.15, -0.1) is 0 Å². The van der Waals surface area contributed by atoms with Gasteiger partial charge >= 0.3 is 0 Å². The van der Waals surface area contributed by atoms with E-state index in [1.807, 2.05) is 10.9 Å². The molecule has 1 unspecified atom stereocenters. The molecule has 0 aromatic carbocycles. The molecule has 0 N–H and O–H groups in total. The van der Waals surface area contributed by atoms with Crippen molar-refractivity contribution < 1.29 is 4.79 Å².